The van der Waals surface area contributed by atoms with Gasteiger partial charge in [-0.05, 0) is 19.1 Å². The monoisotopic (exact) mass is 264 g/mol. The highest BCUT2D eigenvalue weighted by molar-refractivity contribution is 5.42. The molecule has 0 radical (unpaired) electrons. The van der Waals surface area contributed by atoms with Gasteiger partial charge in [0.2, 0.25) is 0 Å². The van der Waals surface area contributed by atoms with E-state index in [-0.39, 0.29) is 12.4 Å². The summed E-state index contributed by atoms with van der Waals surface area (Å²) >= 11 is 0. The molecule has 100 valence electrons. The molecule has 1 heterocycles. The molecule has 0 amide bonds. The quantitative estimate of drug-likeness (QED) is 0.899. The van der Waals surface area contributed by atoms with Crippen LogP contribution in [0.15, 0.2) is 36.5 Å². The lowest BCUT2D eigenvalue weighted by atomic mass is 10.3. The van der Waals surface area contributed by atoms with Gasteiger partial charge in [-0.15, -0.1) is 0 Å². The van der Waals surface area contributed by atoms with Gasteiger partial charge in [0.1, 0.15) is 24.0 Å². The molecule has 1 aromatic heterocycles. The maximum atomic E-state index is 13.0. The summed E-state index contributed by atoms with van der Waals surface area (Å²) in [6.07, 6.45) is 1.66. The molecule has 19 heavy (non-hydrogen) atoms. The number of hydrogen-bond acceptors (Lipinski definition) is 3. The van der Waals surface area contributed by atoms with Crippen molar-refractivity contribution >= 4 is 5.69 Å². The van der Waals surface area contributed by atoms with Crippen molar-refractivity contribution in [3.63, 3.8) is 0 Å². The van der Waals surface area contributed by atoms with Gasteiger partial charge in [-0.25, -0.2) is 8.78 Å². The first-order chi connectivity index (χ1) is 9.17. The van der Waals surface area contributed by atoms with Crippen molar-refractivity contribution in [1.29, 1.82) is 0 Å². The van der Waals surface area contributed by atoms with Crippen molar-refractivity contribution in [2.24, 2.45) is 0 Å². The number of halogens is 2. The van der Waals surface area contributed by atoms with Crippen LogP contribution < -0.4 is 10.1 Å². The van der Waals surface area contributed by atoms with Crippen molar-refractivity contribution < 1.29 is 13.5 Å². The number of hydrogen-bond donors (Lipinski definition) is 1. The highest BCUT2D eigenvalue weighted by Gasteiger charge is 2.03. The molecule has 1 N–H and O–H groups in total. The van der Waals surface area contributed by atoms with E-state index in [1.165, 1.54) is 0 Å². The average molecular weight is 264 g/mol. The van der Waals surface area contributed by atoms with Gasteiger partial charge in [-0.3, -0.25) is 4.98 Å². The summed E-state index contributed by atoms with van der Waals surface area (Å²) in [4.78, 5) is 4.13. The Labute approximate surface area is 110 Å². The maximum absolute atomic E-state index is 13.0. The Morgan fingerprint density at radius 1 is 1.16 bits per heavy atom. The van der Waals surface area contributed by atoms with E-state index < -0.39 is 11.6 Å². The number of anilines is 1. The maximum Gasteiger partial charge on any atom is 0.130 e. The number of benzene rings is 1. The summed E-state index contributed by atoms with van der Waals surface area (Å²) < 4.78 is 31.3. The third-order valence-electron chi connectivity index (χ3n) is 2.42. The van der Waals surface area contributed by atoms with E-state index in [0.717, 1.165) is 30.4 Å². The van der Waals surface area contributed by atoms with Gasteiger partial charge in [-0.1, -0.05) is 0 Å². The van der Waals surface area contributed by atoms with Crippen molar-refractivity contribution in [1.82, 2.24) is 4.98 Å². The molecule has 5 heteroatoms. The van der Waals surface area contributed by atoms with Crippen LogP contribution in [-0.4, -0.2) is 11.5 Å². The number of nitrogens with one attached hydrogen (secondary N) is 1. The molecule has 0 unspecified atom stereocenters. The van der Waals surface area contributed by atoms with E-state index in [1.807, 2.05) is 19.1 Å². The first-order valence-corrected chi connectivity index (χ1v) is 5.95. The van der Waals surface area contributed by atoms with E-state index in [0.29, 0.717) is 5.69 Å². The van der Waals surface area contributed by atoms with E-state index in [9.17, 15) is 8.78 Å². The minimum Gasteiger partial charge on any atom is -0.487 e. The normalized spacial score (nSPS) is 10.3. The molecule has 0 aliphatic rings. The predicted molar refractivity (Wildman–Crippen MR) is 69.1 cm³/mol. The summed E-state index contributed by atoms with van der Waals surface area (Å²) in [6, 6.07) is 6.75. The first-order valence-electron chi connectivity index (χ1n) is 5.95. The van der Waals surface area contributed by atoms with Crippen LogP contribution in [0.25, 0.3) is 0 Å². The van der Waals surface area contributed by atoms with Gasteiger partial charge in [0, 0.05) is 36.6 Å². The Kier molecular flexibility index (Phi) is 4.28. The average Bonchev–Trinajstić information content (AvgIpc) is 2.36. The molecule has 0 aliphatic heterocycles. The van der Waals surface area contributed by atoms with Crippen LogP contribution >= 0.6 is 0 Å². The highest BCUT2D eigenvalue weighted by Crippen LogP contribution is 2.17. The van der Waals surface area contributed by atoms with Crippen LogP contribution in [0.3, 0.4) is 0 Å². The molecule has 3 nitrogen and oxygen atoms in total. The van der Waals surface area contributed by atoms with Crippen LogP contribution in [0.5, 0.6) is 5.75 Å². The Hall–Kier alpha value is -2.17. The summed E-state index contributed by atoms with van der Waals surface area (Å²) in [5.41, 5.74) is 1.62. The van der Waals surface area contributed by atoms with E-state index >= 15 is 0 Å². The van der Waals surface area contributed by atoms with Crippen LogP contribution in [0, 0.1) is 11.6 Å². The molecule has 0 atom stereocenters. The second-order valence-electron chi connectivity index (χ2n) is 3.96. The Morgan fingerprint density at radius 3 is 2.58 bits per heavy atom. The lowest BCUT2D eigenvalue weighted by molar-refractivity contribution is 0.298. The van der Waals surface area contributed by atoms with Crippen molar-refractivity contribution in [3.8, 4) is 5.75 Å². The largest absolute Gasteiger partial charge is 0.487 e. The second-order valence-corrected chi connectivity index (χ2v) is 3.96. The third kappa shape index (κ3) is 3.91. The molecule has 0 fully saturated rings. The van der Waals surface area contributed by atoms with Gasteiger partial charge in [0.15, 0.2) is 0 Å². The van der Waals surface area contributed by atoms with Crippen molar-refractivity contribution in [2.45, 2.75) is 13.5 Å². The number of aromatic nitrogens is 1. The molecule has 2 rings (SSSR count). The Bertz CT molecular complexity index is 541. The molecule has 0 saturated carbocycles. The molecule has 2 aromatic rings. The van der Waals surface area contributed by atoms with E-state index in [1.54, 1.807) is 6.20 Å². The standard InChI is InChI=1S/C14H14F2N2O/c1-2-17-12-3-4-18-13(8-12)9-19-14-6-10(15)5-11(16)7-14/h3-8H,2,9H2,1H3,(H,17,18). The predicted octanol–water partition coefficient (Wildman–Crippen LogP) is 3.37. The summed E-state index contributed by atoms with van der Waals surface area (Å²) in [7, 11) is 0. The molecular weight excluding hydrogens is 250 g/mol. The number of rotatable bonds is 5. The second kappa shape index (κ2) is 6.13. The minimum atomic E-state index is -0.663. The summed E-state index contributed by atoms with van der Waals surface area (Å²) in [6.45, 7) is 2.95. The molecule has 0 bridgehead atoms. The molecule has 0 spiro atoms. The van der Waals surface area contributed by atoms with Gasteiger partial charge >= 0.3 is 0 Å². The fourth-order valence-electron chi connectivity index (χ4n) is 1.64. The van der Waals surface area contributed by atoms with Crippen LogP contribution in [-0.2, 0) is 6.61 Å². The lowest BCUT2D eigenvalue weighted by Gasteiger charge is -2.08. The van der Waals surface area contributed by atoms with Gasteiger partial charge in [0.25, 0.3) is 0 Å². The fraction of sp³-hybridized carbons (Fsp3) is 0.214. The van der Waals surface area contributed by atoms with Gasteiger partial charge in [0.05, 0.1) is 5.69 Å². The minimum absolute atomic E-state index is 0.146. The number of nitrogens with zero attached hydrogens (tertiary/aromatic N) is 1. The van der Waals surface area contributed by atoms with Gasteiger partial charge in [-0.2, -0.15) is 0 Å². The van der Waals surface area contributed by atoms with Crippen LogP contribution in [0.4, 0.5) is 14.5 Å². The van der Waals surface area contributed by atoms with E-state index in [4.69, 9.17) is 4.74 Å². The topological polar surface area (TPSA) is 34.2 Å². The fourth-order valence-corrected chi connectivity index (χ4v) is 1.64. The van der Waals surface area contributed by atoms with Crippen LogP contribution in [0.1, 0.15) is 12.6 Å². The Morgan fingerprint density at radius 2 is 1.89 bits per heavy atom. The SMILES string of the molecule is CCNc1ccnc(COc2cc(F)cc(F)c2)c1. The number of ether oxygens (including phenoxy) is 1. The van der Waals surface area contributed by atoms with Crippen molar-refractivity contribution in [2.75, 3.05) is 11.9 Å². The smallest absolute Gasteiger partial charge is 0.130 e. The zero-order chi connectivity index (χ0) is 13.7. The third-order valence-corrected chi connectivity index (χ3v) is 2.42. The van der Waals surface area contributed by atoms with Gasteiger partial charge < -0.3 is 10.1 Å². The zero-order valence-corrected chi connectivity index (χ0v) is 10.5. The highest BCUT2D eigenvalue weighted by atomic mass is 19.1. The summed E-state index contributed by atoms with van der Waals surface area (Å²) in [5.74, 6) is -1.18. The first kappa shape index (κ1) is 13.3. The Balaban J connectivity index is 2.03. The molecule has 1 aromatic carbocycles. The number of pyridine rings is 1. The lowest BCUT2D eigenvalue weighted by Crippen LogP contribution is -2.02. The summed E-state index contributed by atoms with van der Waals surface area (Å²) in [5, 5.41) is 3.15. The van der Waals surface area contributed by atoms with Crippen molar-refractivity contribution in [3.05, 3.63) is 53.9 Å². The zero-order valence-electron chi connectivity index (χ0n) is 10.5. The molecule has 0 saturated heterocycles. The molecule has 0 aliphatic carbocycles. The molecular formula is C14H14F2N2O. The van der Waals surface area contributed by atoms with E-state index in [2.05, 4.69) is 10.3 Å². The van der Waals surface area contributed by atoms with Crippen LogP contribution in [0.2, 0.25) is 0 Å².